The number of fused-ring (bicyclic) bond motifs is 1. The van der Waals surface area contributed by atoms with Crippen molar-refractivity contribution in [2.75, 3.05) is 0 Å². The van der Waals surface area contributed by atoms with Crippen molar-refractivity contribution < 1.29 is 19.1 Å². The molecule has 2 rings (SSSR count). The molecule has 0 aliphatic heterocycles. The minimum atomic E-state index is -0.949. The number of amides is 1. The Morgan fingerprint density at radius 1 is 1.43 bits per heavy atom. The van der Waals surface area contributed by atoms with Crippen LogP contribution in [0.15, 0.2) is 22.6 Å². The molecular weight excluding hydrogens is 294 g/mol. The number of benzene rings is 1. The molecule has 21 heavy (non-hydrogen) atoms. The Kier molecular flexibility index (Phi) is 4.53. The van der Waals surface area contributed by atoms with E-state index in [-0.39, 0.29) is 12.2 Å². The predicted molar refractivity (Wildman–Crippen MR) is 79.8 cm³/mol. The van der Waals surface area contributed by atoms with Gasteiger partial charge in [-0.25, -0.2) is 0 Å². The third-order valence-electron chi connectivity index (χ3n) is 3.35. The van der Waals surface area contributed by atoms with Crippen LogP contribution in [0.2, 0.25) is 5.02 Å². The van der Waals surface area contributed by atoms with Gasteiger partial charge in [-0.05, 0) is 31.5 Å². The Hall–Kier alpha value is -2.01. The van der Waals surface area contributed by atoms with Crippen molar-refractivity contribution in [3.63, 3.8) is 0 Å². The number of halogens is 1. The van der Waals surface area contributed by atoms with Crippen molar-refractivity contribution in [3.8, 4) is 0 Å². The Morgan fingerprint density at radius 2 is 2.14 bits per heavy atom. The van der Waals surface area contributed by atoms with E-state index in [1.165, 1.54) is 0 Å². The van der Waals surface area contributed by atoms with Crippen molar-refractivity contribution in [1.82, 2.24) is 5.32 Å². The first-order chi connectivity index (χ1) is 9.92. The predicted octanol–water partition coefficient (Wildman–Crippen LogP) is 3.38. The number of hydrogen-bond acceptors (Lipinski definition) is 3. The number of aryl methyl sites for hydroxylation is 1. The number of hydrogen-bond donors (Lipinski definition) is 2. The fourth-order valence-electron chi connectivity index (χ4n) is 2.17. The first-order valence-electron chi connectivity index (χ1n) is 6.63. The lowest BCUT2D eigenvalue weighted by Gasteiger charge is -2.13. The summed E-state index contributed by atoms with van der Waals surface area (Å²) in [6, 6.07) is 4.70. The van der Waals surface area contributed by atoms with Gasteiger partial charge in [0.1, 0.15) is 5.58 Å². The number of carboxylic acid groups (broad SMARTS) is 1. The van der Waals surface area contributed by atoms with Crippen molar-refractivity contribution in [3.05, 3.63) is 34.5 Å². The van der Waals surface area contributed by atoms with Gasteiger partial charge in [-0.1, -0.05) is 18.5 Å². The van der Waals surface area contributed by atoms with Gasteiger partial charge < -0.3 is 14.8 Å². The zero-order valence-corrected chi connectivity index (χ0v) is 12.5. The van der Waals surface area contributed by atoms with Gasteiger partial charge in [-0.3, -0.25) is 9.59 Å². The summed E-state index contributed by atoms with van der Waals surface area (Å²) < 4.78 is 5.55. The molecule has 0 bridgehead atoms. The quantitative estimate of drug-likeness (QED) is 0.887. The summed E-state index contributed by atoms with van der Waals surface area (Å²) in [6.07, 6.45) is 0.413. The van der Waals surface area contributed by atoms with E-state index in [2.05, 4.69) is 5.32 Å². The molecule has 1 amide bonds. The van der Waals surface area contributed by atoms with Gasteiger partial charge >= 0.3 is 5.97 Å². The maximum absolute atomic E-state index is 12.2. The van der Waals surface area contributed by atoms with Gasteiger partial charge in [0.25, 0.3) is 5.91 Å². The Balaban J connectivity index is 2.27. The van der Waals surface area contributed by atoms with E-state index in [1.807, 2.05) is 6.92 Å². The van der Waals surface area contributed by atoms with Crippen LogP contribution in [0.4, 0.5) is 0 Å². The molecule has 2 N–H and O–H groups in total. The molecule has 0 aliphatic rings. The molecular formula is C15H16ClNO4. The Labute approximate surface area is 126 Å². The lowest BCUT2D eigenvalue weighted by Crippen LogP contribution is -2.36. The first-order valence-corrected chi connectivity index (χ1v) is 7.01. The highest BCUT2D eigenvalue weighted by Gasteiger charge is 2.21. The summed E-state index contributed by atoms with van der Waals surface area (Å²) in [7, 11) is 0. The van der Waals surface area contributed by atoms with Gasteiger partial charge in [0.15, 0.2) is 5.76 Å². The van der Waals surface area contributed by atoms with Crippen LogP contribution in [0.1, 0.15) is 35.9 Å². The number of furan rings is 1. The zero-order chi connectivity index (χ0) is 15.6. The van der Waals surface area contributed by atoms with Gasteiger partial charge in [-0.15, -0.1) is 0 Å². The van der Waals surface area contributed by atoms with Crippen LogP contribution in [0.25, 0.3) is 11.0 Å². The summed E-state index contributed by atoms with van der Waals surface area (Å²) in [6.45, 7) is 3.59. The van der Waals surface area contributed by atoms with E-state index in [1.54, 1.807) is 25.1 Å². The van der Waals surface area contributed by atoms with Crippen LogP contribution in [-0.2, 0) is 4.79 Å². The molecule has 1 atom stereocenters. The van der Waals surface area contributed by atoms with E-state index in [4.69, 9.17) is 21.1 Å². The lowest BCUT2D eigenvalue weighted by molar-refractivity contribution is -0.137. The monoisotopic (exact) mass is 309 g/mol. The second-order valence-corrected chi connectivity index (χ2v) is 5.31. The Morgan fingerprint density at radius 3 is 2.76 bits per heavy atom. The van der Waals surface area contributed by atoms with Crippen LogP contribution in [-0.4, -0.2) is 23.0 Å². The standard InChI is InChI=1S/C15H16ClNO4/c1-3-10(7-13(18)19)17-15(20)14-8(2)11-6-9(16)4-5-12(11)21-14/h4-6,10H,3,7H2,1-2H3,(H,17,20)(H,18,19). The van der Waals surface area contributed by atoms with Crippen LogP contribution in [0.3, 0.4) is 0 Å². The van der Waals surface area contributed by atoms with Crippen LogP contribution >= 0.6 is 11.6 Å². The summed E-state index contributed by atoms with van der Waals surface area (Å²) in [4.78, 5) is 23.0. The van der Waals surface area contributed by atoms with Crippen molar-refractivity contribution in [1.29, 1.82) is 0 Å². The second-order valence-electron chi connectivity index (χ2n) is 4.87. The summed E-state index contributed by atoms with van der Waals surface area (Å²) in [5, 5.41) is 12.8. The van der Waals surface area contributed by atoms with Gasteiger partial charge in [0.2, 0.25) is 0 Å². The summed E-state index contributed by atoms with van der Waals surface area (Å²) in [5.41, 5.74) is 1.27. The number of nitrogens with one attached hydrogen (secondary N) is 1. The second kappa shape index (κ2) is 6.18. The molecule has 1 heterocycles. The van der Waals surface area contributed by atoms with Crippen LogP contribution in [0, 0.1) is 6.92 Å². The average Bonchev–Trinajstić information content (AvgIpc) is 2.74. The number of carboxylic acids is 1. The van der Waals surface area contributed by atoms with E-state index in [0.29, 0.717) is 22.6 Å². The molecule has 1 unspecified atom stereocenters. The van der Waals surface area contributed by atoms with E-state index < -0.39 is 17.9 Å². The van der Waals surface area contributed by atoms with Crippen LogP contribution in [0.5, 0.6) is 0 Å². The smallest absolute Gasteiger partial charge is 0.305 e. The highest BCUT2D eigenvalue weighted by molar-refractivity contribution is 6.31. The average molecular weight is 310 g/mol. The number of carbonyl (C=O) groups is 2. The van der Waals surface area contributed by atoms with Gasteiger partial charge in [-0.2, -0.15) is 0 Å². The molecule has 5 nitrogen and oxygen atoms in total. The molecule has 112 valence electrons. The normalized spacial score (nSPS) is 12.3. The Bertz CT molecular complexity index is 692. The third kappa shape index (κ3) is 3.36. The van der Waals surface area contributed by atoms with E-state index >= 15 is 0 Å². The molecule has 1 aromatic carbocycles. The lowest BCUT2D eigenvalue weighted by atomic mass is 10.1. The maximum Gasteiger partial charge on any atom is 0.305 e. The fourth-order valence-corrected chi connectivity index (χ4v) is 2.34. The zero-order valence-electron chi connectivity index (χ0n) is 11.8. The molecule has 2 aromatic rings. The molecule has 0 saturated carbocycles. The molecule has 1 aromatic heterocycles. The summed E-state index contributed by atoms with van der Waals surface area (Å²) >= 11 is 5.94. The van der Waals surface area contributed by atoms with E-state index in [0.717, 1.165) is 5.39 Å². The molecule has 0 spiro atoms. The number of carbonyl (C=O) groups excluding carboxylic acids is 1. The fraction of sp³-hybridized carbons (Fsp3) is 0.333. The van der Waals surface area contributed by atoms with Crippen molar-refractivity contribution in [2.24, 2.45) is 0 Å². The van der Waals surface area contributed by atoms with E-state index in [9.17, 15) is 9.59 Å². The first kappa shape index (κ1) is 15.4. The minimum Gasteiger partial charge on any atom is -0.481 e. The number of aliphatic carboxylic acids is 1. The topological polar surface area (TPSA) is 79.5 Å². The molecule has 0 aliphatic carbocycles. The van der Waals surface area contributed by atoms with Crippen LogP contribution < -0.4 is 5.32 Å². The molecule has 6 heteroatoms. The minimum absolute atomic E-state index is 0.118. The van der Waals surface area contributed by atoms with Crippen molar-refractivity contribution >= 4 is 34.4 Å². The van der Waals surface area contributed by atoms with Gasteiger partial charge in [0, 0.05) is 22.0 Å². The third-order valence-corrected chi connectivity index (χ3v) is 3.59. The van der Waals surface area contributed by atoms with Crippen molar-refractivity contribution in [2.45, 2.75) is 32.7 Å². The van der Waals surface area contributed by atoms with Gasteiger partial charge in [0.05, 0.1) is 6.42 Å². The molecule has 0 radical (unpaired) electrons. The SMILES string of the molecule is CCC(CC(=O)O)NC(=O)c1oc2ccc(Cl)cc2c1C. The molecule has 0 saturated heterocycles. The highest BCUT2D eigenvalue weighted by atomic mass is 35.5. The maximum atomic E-state index is 12.2. The largest absolute Gasteiger partial charge is 0.481 e. The number of rotatable bonds is 5. The highest BCUT2D eigenvalue weighted by Crippen LogP contribution is 2.27. The summed E-state index contributed by atoms with van der Waals surface area (Å²) in [5.74, 6) is -1.17. The molecule has 0 fully saturated rings.